The molecule has 2 atom stereocenters. The Morgan fingerprint density at radius 1 is 1.52 bits per heavy atom. The highest BCUT2D eigenvalue weighted by molar-refractivity contribution is 5.78. The molecule has 0 unspecified atom stereocenters. The summed E-state index contributed by atoms with van der Waals surface area (Å²) in [5, 5.41) is 7.15. The van der Waals surface area contributed by atoms with E-state index in [0.29, 0.717) is 19.7 Å². The van der Waals surface area contributed by atoms with Crippen LogP contribution in [0.25, 0.3) is 0 Å². The third kappa shape index (κ3) is 4.43. The zero-order chi connectivity index (χ0) is 16.1. The smallest absolute Gasteiger partial charge is 0.234 e. The minimum atomic E-state index is -0.126. The highest BCUT2D eigenvalue weighted by Crippen LogP contribution is 2.12. The lowest BCUT2D eigenvalue weighted by molar-refractivity contribution is -0.125. The normalized spacial score (nSPS) is 20.3. The molecule has 7 nitrogen and oxygen atoms in total. The van der Waals surface area contributed by atoms with Crippen LogP contribution in [0.1, 0.15) is 18.7 Å². The van der Waals surface area contributed by atoms with Gasteiger partial charge in [0, 0.05) is 25.5 Å². The lowest BCUT2D eigenvalue weighted by Crippen LogP contribution is -2.48. The molecule has 2 aromatic rings. The van der Waals surface area contributed by atoms with E-state index in [9.17, 15) is 4.79 Å². The van der Waals surface area contributed by atoms with Crippen LogP contribution in [-0.4, -0.2) is 52.9 Å². The number of morpholine rings is 1. The van der Waals surface area contributed by atoms with Crippen LogP contribution in [-0.2, 0) is 16.1 Å². The Labute approximate surface area is 135 Å². The fourth-order valence-electron chi connectivity index (χ4n) is 2.75. The van der Waals surface area contributed by atoms with Gasteiger partial charge in [-0.05, 0) is 25.1 Å². The van der Waals surface area contributed by atoms with Gasteiger partial charge in [-0.15, -0.1) is 0 Å². The summed E-state index contributed by atoms with van der Waals surface area (Å²) in [4.78, 5) is 14.3. The van der Waals surface area contributed by atoms with E-state index < -0.39 is 0 Å². The van der Waals surface area contributed by atoms with Gasteiger partial charge >= 0.3 is 0 Å². The zero-order valence-electron chi connectivity index (χ0n) is 13.2. The number of ether oxygens (including phenoxy) is 1. The minimum Gasteiger partial charge on any atom is -0.467 e. The summed E-state index contributed by atoms with van der Waals surface area (Å²) >= 11 is 0. The van der Waals surface area contributed by atoms with Crippen LogP contribution in [0.3, 0.4) is 0 Å². The Morgan fingerprint density at radius 3 is 3.17 bits per heavy atom. The van der Waals surface area contributed by atoms with Gasteiger partial charge in [0.25, 0.3) is 0 Å². The molecule has 3 rings (SSSR count). The fourth-order valence-corrected chi connectivity index (χ4v) is 2.75. The first-order valence-corrected chi connectivity index (χ1v) is 7.85. The Hall–Kier alpha value is -2.12. The summed E-state index contributed by atoms with van der Waals surface area (Å²) < 4.78 is 12.9. The number of carbonyl (C=O) groups excluding carboxylic acids is 1. The Bertz CT molecular complexity index is 597. The molecule has 1 amide bonds. The van der Waals surface area contributed by atoms with E-state index in [4.69, 9.17) is 9.15 Å². The molecule has 1 saturated heterocycles. The molecule has 0 aromatic carbocycles. The molecule has 1 aliphatic heterocycles. The molecule has 0 spiro atoms. The van der Waals surface area contributed by atoms with Crippen LogP contribution >= 0.6 is 0 Å². The average Bonchev–Trinajstić information content (AvgIpc) is 3.20. The Kier molecular flexibility index (Phi) is 5.09. The third-order valence-electron chi connectivity index (χ3n) is 3.89. The van der Waals surface area contributed by atoms with Gasteiger partial charge < -0.3 is 14.5 Å². The van der Waals surface area contributed by atoms with Crippen LogP contribution in [0.15, 0.2) is 41.3 Å². The Morgan fingerprint density at radius 2 is 2.43 bits per heavy atom. The van der Waals surface area contributed by atoms with Crippen LogP contribution in [0, 0.1) is 0 Å². The second-order valence-corrected chi connectivity index (χ2v) is 5.76. The lowest BCUT2D eigenvalue weighted by Gasteiger charge is -2.32. The van der Waals surface area contributed by atoms with Crippen molar-refractivity contribution in [2.45, 2.75) is 25.6 Å². The SMILES string of the molecule is C[C@@H](NC(=O)CN1CCO[C@H](Cn2cccn2)C1)c1ccco1. The molecule has 0 radical (unpaired) electrons. The van der Waals surface area contributed by atoms with Gasteiger partial charge in [0.15, 0.2) is 0 Å². The first-order chi connectivity index (χ1) is 11.2. The van der Waals surface area contributed by atoms with Crippen LogP contribution in [0.2, 0.25) is 0 Å². The summed E-state index contributed by atoms with van der Waals surface area (Å²) in [5.74, 6) is 0.755. The summed E-state index contributed by atoms with van der Waals surface area (Å²) in [6, 6.07) is 5.45. The number of hydrogen-bond donors (Lipinski definition) is 1. The number of rotatable bonds is 6. The van der Waals surface area contributed by atoms with Gasteiger partial charge in [0.1, 0.15) is 5.76 Å². The van der Waals surface area contributed by atoms with Crippen molar-refractivity contribution in [3.05, 3.63) is 42.6 Å². The standard InChI is InChI=1S/C16H22N4O3/c1-13(15-4-2-8-23-15)18-16(21)12-19-7-9-22-14(10-19)11-20-6-3-5-17-20/h2-6,8,13-14H,7,9-12H2,1H3,(H,18,21)/t13-,14+/m1/s1. The van der Waals surface area contributed by atoms with E-state index >= 15 is 0 Å². The van der Waals surface area contributed by atoms with Crippen molar-refractivity contribution in [3.8, 4) is 0 Å². The second kappa shape index (κ2) is 7.43. The summed E-state index contributed by atoms with van der Waals surface area (Å²) in [6.45, 7) is 5.10. The molecule has 3 heterocycles. The molecular formula is C16H22N4O3. The van der Waals surface area contributed by atoms with E-state index in [1.54, 1.807) is 12.5 Å². The largest absolute Gasteiger partial charge is 0.467 e. The number of furan rings is 1. The molecule has 2 aromatic heterocycles. The van der Waals surface area contributed by atoms with Gasteiger partial charge in [-0.25, -0.2) is 0 Å². The van der Waals surface area contributed by atoms with Crippen LogP contribution in [0.4, 0.5) is 0 Å². The van der Waals surface area contributed by atoms with E-state index in [-0.39, 0.29) is 18.1 Å². The fraction of sp³-hybridized carbons (Fsp3) is 0.500. The third-order valence-corrected chi connectivity index (χ3v) is 3.89. The predicted molar refractivity (Wildman–Crippen MR) is 83.7 cm³/mol. The van der Waals surface area contributed by atoms with Crippen LogP contribution < -0.4 is 5.32 Å². The van der Waals surface area contributed by atoms with Crippen LogP contribution in [0.5, 0.6) is 0 Å². The van der Waals surface area contributed by atoms with Gasteiger partial charge in [0.2, 0.25) is 5.91 Å². The molecular weight excluding hydrogens is 296 g/mol. The molecule has 0 saturated carbocycles. The highest BCUT2D eigenvalue weighted by atomic mass is 16.5. The molecule has 1 fully saturated rings. The van der Waals surface area contributed by atoms with Crippen molar-refractivity contribution in [1.82, 2.24) is 20.0 Å². The number of nitrogens with zero attached hydrogens (tertiary/aromatic N) is 3. The van der Waals surface area contributed by atoms with Crippen molar-refractivity contribution >= 4 is 5.91 Å². The van der Waals surface area contributed by atoms with Crippen molar-refractivity contribution in [2.24, 2.45) is 0 Å². The van der Waals surface area contributed by atoms with Gasteiger partial charge in [-0.1, -0.05) is 0 Å². The van der Waals surface area contributed by atoms with Crippen molar-refractivity contribution < 1.29 is 13.9 Å². The number of aromatic nitrogens is 2. The topological polar surface area (TPSA) is 72.5 Å². The zero-order valence-corrected chi connectivity index (χ0v) is 13.2. The molecule has 7 heteroatoms. The summed E-state index contributed by atoms with van der Waals surface area (Å²) in [6.07, 6.45) is 5.34. The first kappa shape index (κ1) is 15.8. The lowest BCUT2D eigenvalue weighted by atomic mass is 10.2. The first-order valence-electron chi connectivity index (χ1n) is 7.85. The monoisotopic (exact) mass is 318 g/mol. The predicted octanol–water partition coefficient (Wildman–Crippen LogP) is 1.05. The van der Waals surface area contributed by atoms with E-state index in [1.165, 1.54) is 0 Å². The van der Waals surface area contributed by atoms with E-state index in [2.05, 4.69) is 15.3 Å². The van der Waals surface area contributed by atoms with Gasteiger partial charge in [0.05, 0.1) is 38.1 Å². The van der Waals surface area contributed by atoms with E-state index in [0.717, 1.165) is 18.8 Å². The molecule has 1 aliphatic rings. The average molecular weight is 318 g/mol. The highest BCUT2D eigenvalue weighted by Gasteiger charge is 2.23. The van der Waals surface area contributed by atoms with Crippen molar-refractivity contribution in [1.29, 1.82) is 0 Å². The summed E-state index contributed by atoms with van der Waals surface area (Å²) in [7, 11) is 0. The summed E-state index contributed by atoms with van der Waals surface area (Å²) in [5.41, 5.74) is 0. The second-order valence-electron chi connectivity index (χ2n) is 5.76. The maximum atomic E-state index is 12.2. The molecule has 0 aliphatic carbocycles. The number of carbonyl (C=O) groups is 1. The van der Waals surface area contributed by atoms with Crippen molar-refractivity contribution in [3.63, 3.8) is 0 Å². The number of hydrogen-bond acceptors (Lipinski definition) is 5. The number of nitrogens with one attached hydrogen (secondary N) is 1. The van der Waals surface area contributed by atoms with Gasteiger partial charge in [-0.3, -0.25) is 14.4 Å². The molecule has 0 bridgehead atoms. The van der Waals surface area contributed by atoms with Crippen molar-refractivity contribution in [2.75, 3.05) is 26.2 Å². The minimum absolute atomic E-state index is 0.00589. The maximum Gasteiger partial charge on any atom is 0.234 e. The Balaban J connectivity index is 1.46. The molecule has 23 heavy (non-hydrogen) atoms. The molecule has 124 valence electrons. The number of amides is 1. The van der Waals surface area contributed by atoms with E-state index in [1.807, 2.05) is 36.0 Å². The van der Waals surface area contributed by atoms with Gasteiger partial charge in [-0.2, -0.15) is 5.10 Å². The quantitative estimate of drug-likeness (QED) is 0.862. The maximum absolute atomic E-state index is 12.2. The molecule has 1 N–H and O–H groups in total.